The van der Waals surface area contributed by atoms with E-state index >= 15 is 0 Å². The molecule has 1 amide bonds. The van der Waals surface area contributed by atoms with E-state index in [-0.39, 0.29) is 5.91 Å². The van der Waals surface area contributed by atoms with Gasteiger partial charge >= 0.3 is 0 Å². The van der Waals surface area contributed by atoms with Crippen LogP contribution >= 0.6 is 0 Å². The summed E-state index contributed by atoms with van der Waals surface area (Å²) >= 11 is 0. The molecule has 0 unspecified atom stereocenters. The molecule has 0 radical (unpaired) electrons. The van der Waals surface area contributed by atoms with Gasteiger partial charge < -0.3 is 24.2 Å². The second kappa shape index (κ2) is 10.3. The molecular weight excluding hydrogens is 366 g/mol. The number of ether oxygens (including phenoxy) is 2. The van der Waals surface area contributed by atoms with Gasteiger partial charge in [0.25, 0.3) is 5.91 Å². The fraction of sp³-hybridized carbons (Fsp3) is 0.435. The van der Waals surface area contributed by atoms with Crippen molar-refractivity contribution in [3.63, 3.8) is 0 Å². The van der Waals surface area contributed by atoms with Crippen LogP contribution in [0.4, 0.5) is 0 Å². The van der Waals surface area contributed by atoms with E-state index in [1.165, 1.54) is 4.90 Å². The molecule has 29 heavy (non-hydrogen) atoms. The molecule has 1 fully saturated rings. The minimum Gasteiger partial charge on any atom is -0.493 e. The van der Waals surface area contributed by atoms with Gasteiger partial charge in [0.15, 0.2) is 18.0 Å². The van der Waals surface area contributed by atoms with Gasteiger partial charge in [-0.05, 0) is 23.3 Å². The van der Waals surface area contributed by atoms with E-state index in [9.17, 15) is 4.79 Å². The van der Waals surface area contributed by atoms with Crippen molar-refractivity contribution < 1.29 is 24.1 Å². The molecule has 0 atom stereocenters. The Morgan fingerprint density at radius 3 is 2.41 bits per heavy atom. The molecule has 0 spiro atoms. The highest BCUT2D eigenvalue weighted by atomic mass is 16.5. The van der Waals surface area contributed by atoms with Crippen molar-refractivity contribution in [3.8, 4) is 11.5 Å². The van der Waals surface area contributed by atoms with Crippen LogP contribution in [-0.2, 0) is 17.9 Å². The van der Waals surface area contributed by atoms with Crippen LogP contribution in [0.1, 0.15) is 11.1 Å². The molecule has 3 rings (SSSR count). The number of hydrogen-bond donors (Lipinski definition) is 2. The largest absolute Gasteiger partial charge is 0.493 e. The van der Waals surface area contributed by atoms with Gasteiger partial charge in [-0.3, -0.25) is 4.79 Å². The van der Waals surface area contributed by atoms with Gasteiger partial charge in [0.05, 0.1) is 14.2 Å². The normalized spacial score (nSPS) is 18.9. The number of methoxy groups -OCH3 is 1. The zero-order valence-corrected chi connectivity index (χ0v) is 17.7. The molecule has 2 aromatic carbocycles. The Kier molecular flexibility index (Phi) is 7.49. The Hall–Kier alpha value is -2.57. The Bertz CT molecular complexity index is 789. The predicted molar refractivity (Wildman–Crippen MR) is 112 cm³/mol. The topological polar surface area (TPSA) is 47.6 Å². The summed E-state index contributed by atoms with van der Waals surface area (Å²) in [6.45, 7) is 6.01. The number of piperazine rings is 1. The van der Waals surface area contributed by atoms with Crippen LogP contribution < -0.4 is 19.3 Å². The first-order valence-electron chi connectivity index (χ1n) is 10.3. The number of quaternary nitrogens is 2. The fourth-order valence-electron chi connectivity index (χ4n) is 3.58. The number of nitrogens with zero attached hydrogens (tertiary/aromatic N) is 1. The highest BCUT2D eigenvalue weighted by molar-refractivity contribution is 5.76. The number of carbonyl (C=O) groups is 1. The molecule has 0 bridgehead atoms. The number of hydrogen-bond acceptors (Lipinski definition) is 3. The molecule has 1 saturated heterocycles. The van der Waals surface area contributed by atoms with Crippen molar-refractivity contribution in [1.29, 1.82) is 0 Å². The van der Waals surface area contributed by atoms with Crippen LogP contribution in [0.3, 0.4) is 0 Å². The van der Waals surface area contributed by atoms with Crippen LogP contribution in [0.15, 0.2) is 48.5 Å². The molecular formula is C23H33N3O3+2. The summed E-state index contributed by atoms with van der Waals surface area (Å²) in [6, 6.07) is 15.9. The van der Waals surface area contributed by atoms with E-state index in [4.69, 9.17) is 9.47 Å². The molecule has 0 aromatic heterocycles. The lowest BCUT2D eigenvalue weighted by Crippen LogP contribution is -3.27. The zero-order chi connectivity index (χ0) is 20.6. The molecule has 2 aromatic rings. The number of amides is 1. The van der Waals surface area contributed by atoms with Crippen molar-refractivity contribution in [3.05, 3.63) is 59.7 Å². The van der Waals surface area contributed by atoms with Gasteiger partial charge in [-0.1, -0.05) is 36.4 Å². The van der Waals surface area contributed by atoms with Crippen LogP contribution in [0.2, 0.25) is 0 Å². The Labute approximate surface area is 173 Å². The lowest BCUT2D eigenvalue weighted by Gasteiger charge is -2.28. The van der Waals surface area contributed by atoms with Crippen LogP contribution in [0.5, 0.6) is 11.5 Å². The van der Waals surface area contributed by atoms with Gasteiger partial charge in [-0.2, -0.15) is 0 Å². The summed E-state index contributed by atoms with van der Waals surface area (Å²) in [4.78, 5) is 17.4. The third-order valence-corrected chi connectivity index (χ3v) is 5.52. The molecule has 1 heterocycles. The highest BCUT2D eigenvalue weighted by Crippen LogP contribution is 2.29. The molecule has 6 heteroatoms. The monoisotopic (exact) mass is 399 g/mol. The summed E-state index contributed by atoms with van der Waals surface area (Å²) in [7, 11) is 5.73. The predicted octanol–water partition coefficient (Wildman–Crippen LogP) is -0.354. The second-order valence-electron chi connectivity index (χ2n) is 7.89. The van der Waals surface area contributed by atoms with E-state index < -0.39 is 0 Å². The van der Waals surface area contributed by atoms with Crippen LogP contribution in [-0.4, -0.2) is 64.7 Å². The standard InChI is InChI=1S/C23H31N3O3/c1-24-11-13-26(14-12-24)17-23(27)25(2)16-20-9-10-21(22(15-20)28-3)29-18-19-7-5-4-6-8-19/h4-10,15H,11-14,16-18H2,1-3H3/p+2. The van der Waals surface area contributed by atoms with E-state index in [0.29, 0.717) is 31.2 Å². The first-order valence-corrected chi connectivity index (χ1v) is 10.3. The fourth-order valence-corrected chi connectivity index (χ4v) is 3.58. The maximum Gasteiger partial charge on any atom is 0.277 e. The van der Waals surface area contributed by atoms with Crippen LogP contribution in [0.25, 0.3) is 0 Å². The number of rotatable bonds is 8. The highest BCUT2D eigenvalue weighted by Gasteiger charge is 2.24. The van der Waals surface area contributed by atoms with E-state index in [1.807, 2.05) is 55.6 Å². The minimum absolute atomic E-state index is 0.183. The smallest absolute Gasteiger partial charge is 0.277 e. The minimum atomic E-state index is 0.183. The van der Waals surface area contributed by atoms with Crippen LogP contribution in [0, 0.1) is 0 Å². The van der Waals surface area contributed by atoms with E-state index in [1.54, 1.807) is 16.9 Å². The van der Waals surface area contributed by atoms with Gasteiger partial charge in [0, 0.05) is 13.6 Å². The van der Waals surface area contributed by atoms with Gasteiger partial charge in [0.1, 0.15) is 32.8 Å². The van der Waals surface area contributed by atoms with Gasteiger partial charge in [-0.15, -0.1) is 0 Å². The second-order valence-corrected chi connectivity index (χ2v) is 7.89. The Balaban J connectivity index is 1.55. The van der Waals surface area contributed by atoms with Gasteiger partial charge in [-0.25, -0.2) is 0 Å². The average molecular weight is 400 g/mol. The number of likely N-dealkylation sites (N-methyl/N-ethyl adjacent to an activating group) is 2. The number of benzene rings is 2. The zero-order valence-electron chi connectivity index (χ0n) is 17.7. The number of carbonyl (C=O) groups excluding carboxylic acids is 1. The summed E-state index contributed by atoms with van der Waals surface area (Å²) in [5.41, 5.74) is 2.14. The molecule has 156 valence electrons. The van der Waals surface area contributed by atoms with E-state index in [2.05, 4.69) is 7.05 Å². The van der Waals surface area contributed by atoms with Crippen molar-refractivity contribution >= 4 is 5.91 Å². The van der Waals surface area contributed by atoms with Crippen molar-refractivity contribution in [2.45, 2.75) is 13.2 Å². The Morgan fingerprint density at radius 1 is 1.00 bits per heavy atom. The van der Waals surface area contributed by atoms with Crippen molar-refractivity contribution in [2.75, 3.05) is 53.9 Å². The quantitative estimate of drug-likeness (QED) is 0.638. The summed E-state index contributed by atoms with van der Waals surface area (Å²) in [6.07, 6.45) is 0. The third kappa shape index (κ3) is 6.21. The first-order chi connectivity index (χ1) is 14.0. The summed E-state index contributed by atoms with van der Waals surface area (Å²) in [5, 5.41) is 0. The van der Waals surface area contributed by atoms with Crippen molar-refractivity contribution in [1.82, 2.24) is 4.90 Å². The molecule has 2 N–H and O–H groups in total. The lowest BCUT2D eigenvalue weighted by molar-refractivity contribution is -1.000. The summed E-state index contributed by atoms with van der Waals surface area (Å²) in [5.74, 6) is 1.58. The SMILES string of the molecule is COc1cc(CN(C)C(=O)C[NH+]2CC[NH+](C)CC2)ccc1OCc1ccccc1. The maximum absolute atomic E-state index is 12.6. The molecule has 1 aliphatic heterocycles. The van der Waals surface area contributed by atoms with Gasteiger partial charge in [0.2, 0.25) is 0 Å². The third-order valence-electron chi connectivity index (χ3n) is 5.52. The van der Waals surface area contributed by atoms with E-state index in [0.717, 1.165) is 37.3 Å². The molecule has 1 aliphatic rings. The summed E-state index contributed by atoms with van der Waals surface area (Å²) < 4.78 is 11.4. The molecule has 0 aliphatic carbocycles. The van der Waals surface area contributed by atoms with Crippen molar-refractivity contribution in [2.24, 2.45) is 0 Å². The molecule has 0 saturated carbocycles. The number of nitrogens with one attached hydrogen (secondary N) is 2. The first kappa shape index (κ1) is 21.1. The lowest BCUT2D eigenvalue weighted by atomic mass is 10.2. The average Bonchev–Trinajstić information content (AvgIpc) is 2.75. The Morgan fingerprint density at radius 2 is 1.72 bits per heavy atom. The maximum atomic E-state index is 12.6. The molecule has 6 nitrogen and oxygen atoms in total.